The highest BCUT2D eigenvalue weighted by atomic mass is 16.4. The van der Waals surface area contributed by atoms with Crippen molar-refractivity contribution in [3.05, 3.63) is 0 Å². The van der Waals surface area contributed by atoms with E-state index in [1.165, 1.54) is 19.3 Å². The second-order valence-electron chi connectivity index (χ2n) is 5.11. The van der Waals surface area contributed by atoms with Crippen LogP contribution in [0.15, 0.2) is 0 Å². The van der Waals surface area contributed by atoms with Crippen molar-refractivity contribution in [1.29, 1.82) is 0 Å². The zero-order valence-electron chi connectivity index (χ0n) is 11.7. The van der Waals surface area contributed by atoms with Crippen molar-refractivity contribution in [3.8, 4) is 0 Å². The van der Waals surface area contributed by atoms with E-state index in [2.05, 4.69) is 15.5 Å². The first-order valence-corrected chi connectivity index (χ1v) is 7.06. The van der Waals surface area contributed by atoms with Crippen LogP contribution >= 0.6 is 0 Å². The molecule has 0 aromatic carbocycles. The second-order valence-corrected chi connectivity index (χ2v) is 5.11. The minimum absolute atomic E-state index is 0.213. The maximum absolute atomic E-state index is 11.4. The number of likely N-dealkylation sites (tertiary alicyclic amines) is 1. The molecule has 0 radical (unpaired) electrons. The summed E-state index contributed by atoms with van der Waals surface area (Å²) in [6.07, 6.45) is 4.26. The molecule has 6 heteroatoms. The first-order valence-electron chi connectivity index (χ1n) is 7.06. The number of carbonyl (C=O) groups excluding carboxylic acids is 1. The molecule has 1 rings (SSSR count). The zero-order valence-corrected chi connectivity index (χ0v) is 11.7. The van der Waals surface area contributed by atoms with Crippen LogP contribution < -0.4 is 10.6 Å². The lowest BCUT2D eigenvalue weighted by Gasteiger charge is -2.26. The fourth-order valence-corrected chi connectivity index (χ4v) is 2.10. The molecule has 0 aliphatic carbocycles. The number of hydrogen-bond acceptors (Lipinski definition) is 3. The first-order chi connectivity index (χ1) is 9.09. The summed E-state index contributed by atoms with van der Waals surface area (Å²) in [4.78, 5) is 24.4. The van der Waals surface area contributed by atoms with Crippen molar-refractivity contribution < 1.29 is 14.7 Å². The van der Waals surface area contributed by atoms with Crippen molar-refractivity contribution in [2.45, 2.75) is 32.6 Å². The number of carbonyl (C=O) groups is 2. The summed E-state index contributed by atoms with van der Waals surface area (Å²) in [5.41, 5.74) is 0. The second kappa shape index (κ2) is 8.74. The average Bonchev–Trinajstić information content (AvgIpc) is 2.39. The number of carboxylic acids is 1. The lowest BCUT2D eigenvalue weighted by Crippen LogP contribution is -2.42. The van der Waals surface area contributed by atoms with E-state index >= 15 is 0 Å². The van der Waals surface area contributed by atoms with E-state index in [4.69, 9.17) is 5.11 Å². The molecule has 1 aliphatic rings. The zero-order chi connectivity index (χ0) is 14.1. The van der Waals surface area contributed by atoms with Crippen LogP contribution in [-0.4, -0.2) is 54.7 Å². The molecule has 0 aromatic rings. The van der Waals surface area contributed by atoms with E-state index in [-0.39, 0.29) is 6.03 Å². The molecule has 1 aliphatic heterocycles. The molecular weight excluding hydrogens is 246 g/mol. The minimum atomic E-state index is -0.827. The lowest BCUT2D eigenvalue weighted by atomic mass is 10.1. The Balaban J connectivity index is 1.99. The number of hydrogen-bond donors (Lipinski definition) is 3. The Kier molecular flexibility index (Phi) is 7.25. The predicted molar refractivity (Wildman–Crippen MR) is 73.1 cm³/mol. The number of piperidine rings is 1. The molecule has 1 fully saturated rings. The molecule has 1 heterocycles. The van der Waals surface area contributed by atoms with Crippen LogP contribution in [0.25, 0.3) is 0 Å². The molecule has 110 valence electrons. The van der Waals surface area contributed by atoms with Gasteiger partial charge in [-0.25, -0.2) is 4.79 Å². The van der Waals surface area contributed by atoms with Crippen LogP contribution in [0.5, 0.6) is 0 Å². The molecule has 2 amide bonds. The third-order valence-corrected chi connectivity index (χ3v) is 3.45. The van der Waals surface area contributed by atoms with Crippen LogP contribution in [0.2, 0.25) is 0 Å². The Bertz CT molecular complexity index is 291. The van der Waals surface area contributed by atoms with Crippen LogP contribution in [0, 0.1) is 5.92 Å². The molecule has 0 aromatic heterocycles. The van der Waals surface area contributed by atoms with Crippen LogP contribution in [0.3, 0.4) is 0 Å². The fourth-order valence-electron chi connectivity index (χ4n) is 2.10. The topological polar surface area (TPSA) is 81.7 Å². The van der Waals surface area contributed by atoms with E-state index in [0.717, 1.165) is 19.6 Å². The lowest BCUT2D eigenvalue weighted by molar-refractivity contribution is -0.141. The summed E-state index contributed by atoms with van der Waals surface area (Å²) < 4.78 is 0. The summed E-state index contributed by atoms with van der Waals surface area (Å²) >= 11 is 0. The Labute approximate surface area is 114 Å². The van der Waals surface area contributed by atoms with Gasteiger partial charge in [-0.1, -0.05) is 13.3 Å². The number of carboxylic acid groups (broad SMARTS) is 1. The SMILES string of the molecule is CC(CCNC(=O)NCCN1CCCCC1)C(=O)O. The molecular formula is C13H25N3O3. The van der Waals surface area contributed by atoms with Crippen molar-refractivity contribution in [1.82, 2.24) is 15.5 Å². The van der Waals surface area contributed by atoms with Gasteiger partial charge < -0.3 is 20.6 Å². The summed E-state index contributed by atoms with van der Waals surface area (Å²) in [7, 11) is 0. The Hall–Kier alpha value is -1.30. The quantitative estimate of drug-likeness (QED) is 0.642. The summed E-state index contributed by atoms with van der Waals surface area (Å²) in [5, 5.41) is 14.2. The third kappa shape index (κ3) is 7.00. The van der Waals surface area contributed by atoms with E-state index in [9.17, 15) is 9.59 Å². The van der Waals surface area contributed by atoms with Gasteiger partial charge in [0.15, 0.2) is 0 Å². The van der Waals surface area contributed by atoms with E-state index in [0.29, 0.717) is 19.5 Å². The predicted octanol–water partition coefficient (Wildman–Crippen LogP) is 0.882. The van der Waals surface area contributed by atoms with E-state index in [1.807, 2.05) is 0 Å². The number of nitrogens with one attached hydrogen (secondary N) is 2. The average molecular weight is 271 g/mol. The van der Waals surface area contributed by atoms with Crippen molar-refractivity contribution in [2.24, 2.45) is 5.92 Å². The standard InChI is InChI=1S/C13H25N3O3/c1-11(12(17)18)5-6-14-13(19)15-7-10-16-8-3-2-4-9-16/h11H,2-10H2,1H3,(H,17,18)(H2,14,15,19). The Morgan fingerprint density at radius 2 is 1.79 bits per heavy atom. The number of amides is 2. The van der Waals surface area contributed by atoms with Gasteiger partial charge in [0.1, 0.15) is 0 Å². The normalized spacial score (nSPS) is 17.7. The summed E-state index contributed by atoms with van der Waals surface area (Å²) in [5.74, 6) is -1.25. The maximum Gasteiger partial charge on any atom is 0.314 e. The van der Waals surface area contributed by atoms with Crippen molar-refractivity contribution in [3.63, 3.8) is 0 Å². The highest BCUT2D eigenvalue weighted by Crippen LogP contribution is 2.07. The van der Waals surface area contributed by atoms with Gasteiger partial charge in [-0.3, -0.25) is 4.79 Å². The highest BCUT2D eigenvalue weighted by Gasteiger charge is 2.11. The van der Waals surface area contributed by atoms with Crippen LogP contribution in [0.4, 0.5) is 4.79 Å². The van der Waals surface area contributed by atoms with Gasteiger partial charge in [-0.15, -0.1) is 0 Å². The monoisotopic (exact) mass is 271 g/mol. The fraction of sp³-hybridized carbons (Fsp3) is 0.846. The molecule has 3 N–H and O–H groups in total. The van der Waals surface area contributed by atoms with Gasteiger partial charge in [0.25, 0.3) is 0 Å². The molecule has 19 heavy (non-hydrogen) atoms. The molecule has 1 atom stereocenters. The van der Waals surface area contributed by atoms with Gasteiger partial charge in [0, 0.05) is 19.6 Å². The summed E-state index contributed by atoms with van der Waals surface area (Å²) in [6, 6.07) is -0.213. The smallest absolute Gasteiger partial charge is 0.314 e. The van der Waals surface area contributed by atoms with Gasteiger partial charge in [0.2, 0.25) is 0 Å². The molecule has 1 unspecified atom stereocenters. The summed E-state index contributed by atoms with van der Waals surface area (Å²) in [6.45, 7) is 5.80. The first kappa shape index (κ1) is 15.8. The van der Waals surface area contributed by atoms with Gasteiger partial charge in [-0.05, 0) is 32.4 Å². The van der Waals surface area contributed by atoms with Gasteiger partial charge in [-0.2, -0.15) is 0 Å². The Morgan fingerprint density at radius 3 is 2.42 bits per heavy atom. The van der Waals surface area contributed by atoms with Crippen LogP contribution in [-0.2, 0) is 4.79 Å². The van der Waals surface area contributed by atoms with Crippen molar-refractivity contribution in [2.75, 3.05) is 32.7 Å². The molecule has 0 spiro atoms. The van der Waals surface area contributed by atoms with Gasteiger partial charge in [0.05, 0.1) is 5.92 Å². The van der Waals surface area contributed by atoms with E-state index in [1.54, 1.807) is 6.92 Å². The Morgan fingerprint density at radius 1 is 1.16 bits per heavy atom. The largest absolute Gasteiger partial charge is 0.481 e. The maximum atomic E-state index is 11.4. The molecule has 1 saturated heterocycles. The number of nitrogens with zero attached hydrogens (tertiary/aromatic N) is 1. The van der Waals surface area contributed by atoms with E-state index < -0.39 is 11.9 Å². The third-order valence-electron chi connectivity index (χ3n) is 3.45. The minimum Gasteiger partial charge on any atom is -0.481 e. The molecule has 0 bridgehead atoms. The number of rotatable bonds is 7. The highest BCUT2D eigenvalue weighted by molar-refractivity contribution is 5.74. The number of aliphatic carboxylic acids is 1. The van der Waals surface area contributed by atoms with Crippen molar-refractivity contribution >= 4 is 12.0 Å². The number of urea groups is 1. The van der Waals surface area contributed by atoms with Crippen LogP contribution in [0.1, 0.15) is 32.6 Å². The molecule has 6 nitrogen and oxygen atoms in total. The molecule has 0 saturated carbocycles. The van der Waals surface area contributed by atoms with Gasteiger partial charge >= 0.3 is 12.0 Å².